The van der Waals surface area contributed by atoms with Crippen molar-refractivity contribution in [3.8, 4) is 5.75 Å². The van der Waals surface area contributed by atoms with Crippen molar-refractivity contribution in [1.82, 2.24) is 20.0 Å². The van der Waals surface area contributed by atoms with Gasteiger partial charge >= 0.3 is 0 Å². The maximum Gasteiger partial charge on any atom is 0.274 e. The van der Waals surface area contributed by atoms with Crippen LogP contribution in [-0.4, -0.2) is 47.3 Å². The van der Waals surface area contributed by atoms with Crippen LogP contribution in [0.15, 0.2) is 53.3 Å². The van der Waals surface area contributed by atoms with Gasteiger partial charge in [-0.05, 0) is 63.5 Å². The summed E-state index contributed by atoms with van der Waals surface area (Å²) in [6.45, 7) is 6.25. The number of aromatic nitrogens is 2. The number of carbonyl (C=O) groups is 1. The predicted octanol–water partition coefficient (Wildman–Crippen LogP) is 3.55. The number of carbonyl (C=O) groups excluding carboxylic acids is 1. The second-order valence-corrected chi connectivity index (χ2v) is 8.48. The molecule has 1 aliphatic rings. The van der Waals surface area contributed by atoms with Crippen molar-refractivity contribution in [2.75, 3.05) is 26.7 Å². The van der Waals surface area contributed by atoms with E-state index in [1.54, 1.807) is 19.2 Å². The summed E-state index contributed by atoms with van der Waals surface area (Å²) in [6, 6.07) is 15.1. The highest BCUT2D eigenvalue weighted by atomic mass is 16.5. The number of hydrogen-bond acceptors (Lipinski definition) is 5. The second-order valence-electron chi connectivity index (χ2n) is 8.48. The maximum absolute atomic E-state index is 13.3. The molecule has 1 saturated heterocycles. The van der Waals surface area contributed by atoms with Crippen LogP contribution in [0.1, 0.15) is 54.8 Å². The molecule has 168 valence electrons. The highest BCUT2D eigenvalue weighted by molar-refractivity contribution is 6.04. The van der Waals surface area contributed by atoms with E-state index in [4.69, 9.17) is 4.74 Å². The van der Waals surface area contributed by atoms with Gasteiger partial charge in [0.25, 0.3) is 11.5 Å². The molecule has 1 fully saturated rings. The Morgan fingerprint density at radius 3 is 2.34 bits per heavy atom. The molecule has 7 nitrogen and oxygen atoms in total. The minimum absolute atomic E-state index is 0.0645. The average molecular weight is 435 g/mol. The average Bonchev–Trinajstić information content (AvgIpc) is 3.34. The summed E-state index contributed by atoms with van der Waals surface area (Å²) in [7, 11) is 1.65. The second kappa shape index (κ2) is 9.53. The molecule has 0 saturated carbocycles. The van der Waals surface area contributed by atoms with Crippen LogP contribution >= 0.6 is 0 Å². The molecular weight excluding hydrogens is 404 g/mol. The van der Waals surface area contributed by atoms with Crippen molar-refractivity contribution >= 4 is 16.7 Å². The molecule has 1 unspecified atom stereocenters. The van der Waals surface area contributed by atoms with E-state index in [9.17, 15) is 9.59 Å². The first kappa shape index (κ1) is 22.0. The lowest BCUT2D eigenvalue weighted by atomic mass is 10.0. The van der Waals surface area contributed by atoms with Gasteiger partial charge in [0, 0.05) is 11.9 Å². The molecule has 32 heavy (non-hydrogen) atoms. The lowest BCUT2D eigenvalue weighted by Crippen LogP contribution is -2.38. The van der Waals surface area contributed by atoms with E-state index in [1.807, 2.05) is 38.1 Å². The molecule has 7 heteroatoms. The van der Waals surface area contributed by atoms with Crippen LogP contribution in [0.2, 0.25) is 0 Å². The molecule has 4 rings (SSSR count). The molecule has 1 N–H and O–H groups in total. The van der Waals surface area contributed by atoms with Crippen molar-refractivity contribution in [2.24, 2.45) is 0 Å². The molecule has 1 amide bonds. The zero-order valence-corrected chi connectivity index (χ0v) is 18.9. The Morgan fingerprint density at radius 1 is 1.06 bits per heavy atom. The monoisotopic (exact) mass is 434 g/mol. The smallest absolute Gasteiger partial charge is 0.274 e. The molecule has 0 radical (unpaired) electrons. The zero-order chi connectivity index (χ0) is 22.7. The first-order valence-corrected chi connectivity index (χ1v) is 11.2. The fourth-order valence-corrected chi connectivity index (χ4v) is 4.33. The van der Waals surface area contributed by atoms with Crippen LogP contribution < -0.4 is 15.6 Å². The van der Waals surface area contributed by atoms with Crippen LogP contribution in [0, 0.1) is 0 Å². The van der Waals surface area contributed by atoms with Crippen molar-refractivity contribution < 1.29 is 9.53 Å². The van der Waals surface area contributed by atoms with Gasteiger partial charge in [-0.1, -0.05) is 30.3 Å². The van der Waals surface area contributed by atoms with Crippen molar-refractivity contribution in [1.29, 1.82) is 0 Å². The third-order valence-corrected chi connectivity index (χ3v) is 6.07. The van der Waals surface area contributed by atoms with E-state index in [0.717, 1.165) is 37.2 Å². The number of nitrogens with one attached hydrogen (secondary N) is 1. The van der Waals surface area contributed by atoms with E-state index in [1.165, 1.54) is 4.68 Å². The van der Waals surface area contributed by atoms with Gasteiger partial charge in [0.15, 0.2) is 5.69 Å². The topological polar surface area (TPSA) is 76.5 Å². The van der Waals surface area contributed by atoms with Crippen LogP contribution in [0.5, 0.6) is 5.75 Å². The number of rotatable bonds is 7. The summed E-state index contributed by atoms with van der Waals surface area (Å²) in [6.07, 6.45) is 2.32. The number of amides is 1. The van der Waals surface area contributed by atoms with Crippen LogP contribution in [0.4, 0.5) is 0 Å². The third-order valence-electron chi connectivity index (χ3n) is 6.07. The number of benzene rings is 2. The number of hydrogen-bond donors (Lipinski definition) is 1. The van der Waals surface area contributed by atoms with E-state index in [0.29, 0.717) is 17.3 Å². The number of ether oxygens (including phenoxy) is 1. The zero-order valence-electron chi connectivity index (χ0n) is 18.9. The number of methoxy groups -OCH3 is 1. The van der Waals surface area contributed by atoms with Gasteiger partial charge in [-0.3, -0.25) is 14.5 Å². The summed E-state index contributed by atoms with van der Waals surface area (Å²) >= 11 is 0. The minimum atomic E-state index is -0.270. The summed E-state index contributed by atoms with van der Waals surface area (Å²) in [4.78, 5) is 28.4. The first-order valence-electron chi connectivity index (χ1n) is 11.2. The number of likely N-dealkylation sites (tertiary alicyclic amines) is 1. The molecule has 3 aromatic rings. The maximum atomic E-state index is 13.3. The summed E-state index contributed by atoms with van der Waals surface area (Å²) in [5, 5.41) is 8.61. The first-order chi connectivity index (χ1) is 15.5. The quantitative estimate of drug-likeness (QED) is 0.615. The van der Waals surface area contributed by atoms with Crippen molar-refractivity contribution in [3.63, 3.8) is 0 Å². The van der Waals surface area contributed by atoms with E-state index < -0.39 is 0 Å². The Balaban J connectivity index is 1.62. The molecule has 0 spiro atoms. The SMILES string of the molecule is COc1ccc(C(CNC(=O)c2nn(C(C)C)c(=O)c3ccccc23)N2CCCC2)cc1. The summed E-state index contributed by atoms with van der Waals surface area (Å²) in [5.74, 6) is 0.540. The molecule has 1 aliphatic heterocycles. The largest absolute Gasteiger partial charge is 0.497 e. The third kappa shape index (κ3) is 4.39. The van der Waals surface area contributed by atoms with Crippen LogP contribution in [0.25, 0.3) is 10.8 Å². The predicted molar refractivity (Wildman–Crippen MR) is 125 cm³/mol. The Hall–Kier alpha value is -3.19. The summed E-state index contributed by atoms with van der Waals surface area (Å²) in [5.41, 5.74) is 1.24. The Bertz CT molecular complexity index is 1150. The normalized spacial score (nSPS) is 15.2. The van der Waals surface area contributed by atoms with E-state index in [2.05, 4.69) is 27.4 Å². The highest BCUT2D eigenvalue weighted by Crippen LogP contribution is 2.26. The van der Waals surface area contributed by atoms with Gasteiger partial charge in [0.05, 0.1) is 24.6 Å². The van der Waals surface area contributed by atoms with Crippen LogP contribution in [0.3, 0.4) is 0 Å². The summed E-state index contributed by atoms with van der Waals surface area (Å²) < 4.78 is 6.68. The molecule has 0 aliphatic carbocycles. The van der Waals surface area contributed by atoms with E-state index >= 15 is 0 Å². The Labute approximate surface area is 188 Å². The van der Waals surface area contributed by atoms with Gasteiger partial charge in [-0.15, -0.1) is 0 Å². The molecule has 0 bridgehead atoms. The van der Waals surface area contributed by atoms with Gasteiger partial charge < -0.3 is 10.1 Å². The van der Waals surface area contributed by atoms with Gasteiger partial charge in [0.2, 0.25) is 0 Å². The van der Waals surface area contributed by atoms with Crippen LogP contribution in [-0.2, 0) is 0 Å². The minimum Gasteiger partial charge on any atom is -0.497 e. The lowest BCUT2D eigenvalue weighted by molar-refractivity contribution is 0.0932. The standard InChI is InChI=1S/C25H30N4O3/c1-17(2)29-25(31)21-9-5-4-8-20(21)23(27-29)24(30)26-16-22(28-14-6-7-15-28)18-10-12-19(32-3)13-11-18/h4-5,8-13,17,22H,6-7,14-16H2,1-3H3,(H,26,30). The molecule has 2 heterocycles. The fraction of sp³-hybridized carbons (Fsp3) is 0.400. The number of fused-ring (bicyclic) bond motifs is 1. The Morgan fingerprint density at radius 2 is 1.72 bits per heavy atom. The highest BCUT2D eigenvalue weighted by Gasteiger charge is 2.25. The van der Waals surface area contributed by atoms with Crippen molar-refractivity contribution in [3.05, 3.63) is 70.1 Å². The fourth-order valence-electron chi connectivity index (χ4n) is 4.33. The Kier molecular flexibility index (Phi) is 6.55. The van der Waals surface area contributed by atoms with Gasteiger partial charge in [0.1, 0.15) is 5.75 Å². The molecule has 1 aromatic heterocycles. The lowest BCUT2D eigenvalue weighted by Gasteiger charge is -2.28. The number of nitrogens with zero attached hydrogens (tertiary/aromatic N) is 3. The molecule has 1 atom stereocenters. The van der Waals surface area contributed by atoms with Crippen molar-refractivity contribution in [2.45, 2.75) is 38.8 Å². The van der Waals surface area contributed by atoms with Gasteiger partial charge in [-0.2, -0.15) is 5.10 Å². The van der Waals surface area contributed by atoms with E-state index in [-0.39, 0.29) is 29.2 Å². The molecular formula is C25H30N4O3. The molecule has 2 aromatic carbocycles. The van der Waals surface area contributed by atoms with Gasteiger partial charge in [-0.25, -0.2) is 4.68 Å².